The topological polar surface area (TPSA) is 29.5 Å². The molecule has 0 saturated carbocycles. The van der Waals surface area contributed by atoms with Crippen molar-refractivity contribution in [3.8, 4) is 5.75 Å². The van der Waals surface area contributed by atoms with Crippen molar-refractivity contribution >= 4 is 40.3 Å². The molecule has 0 unspecified atom stereocenters. The summed E-state index contributed by atoms with van der Waals surface area (Å²) in [7, 11) is 0. The SMILES string of the molecule is CCN1C(=O)/C(=C/C2=Cc3ccccc3O[C@H]2C)SC1=S. The van der Waals surface area contributed by atoms with Crippen LogP contribution < -0.4 is 4.74 Å². The highest BCUT2D eigenvalue weighted by Crippen LogP contribution is 2.35. The van der Waals surface area contributed by atoms with Crippen LogP contribution in [0.1, 0.15) is 19.4 Å². The van der Waals surface area contributed by atoms with Crippen LogP contribution >= 0.6 is 24.0 Å². The van der Waals surface area contributed by atoms with Crippen molar-refractivity contribution in [2.45, 2.75) is 20.0 Å². The number of benzene rings is 1. The summed E-state index contributed by atoms with van der Waals surface area (Å²) in [6, 6.07) is 7.89. The minimum Gasteiger partial charge on any atom is -0.485 e. The van der Waals surface area contributed by atoms with E-state index in [1.54, 1.807) is 4.90 Å². The van der Waals surface area contributed by atoms with Gasteiger partial charge in [-0.25, -0.2) is 0 Å². The predicted octanol–water partition coefficient (Wildman–Crippen LogP) is 3.62. The Hall–Kier alpha value is -1.59. The molecule has 2 heterocycles. The first-order valence-corrected chi connectivity index (χ1v) is 8.05. The van der Waals surface area contributed by atoms with E-state index in [2.05, 4.69) is 6.08 Å². The Balaban J connectivity index is 1.95. The zero-order valence-electron chi connectivity index (χ0n) is 11.8. The molecule has 5 heteroatoms. The zero-order valence-corrected chi connectivity index (χ0v) is 13.5. The fourth-order valence-corrected chi connectivity index (χ4v) is 3.73. The van der Waals surface area contributed by atoms with Gasteiger partial charge >= 0.3 is 0 Å². The van der Waals surface area contributed by atoms with Gasteiger partial charge in [0.25, 0.3) is 5.91 Å². The number of rotatable bonds is 2. The number of para-hydroxylation sites is 1. The Labute approximate surface area is 133 Å². The van der Waals surface area contributed by atoms with Crippen LogP contribution in [-0.4, -0.2) is 27.8 Å². The maximum atomic E-state index is 12.3. The number of carbonyl (C=O) groups excluding carboxylic acids is 1. The summed E-state index contributed by atoms with van der Waals surface area (Å²) < 4.78 is 6.51. The van der Waals surface area contributed by atoms with E-state index >= 15 is 0 Å². The number of hydrogen-bond acceptors (Lipinski definition) is 4. The number of ether oxygens (including phenoxy) is 1. The minimum absolute atomic E-state index is 0.0144. The fraction of sp³-hybridized carbons (Fsp3) is 0.250. The van der Waals surface area contributed by atoms with Crippen molar-refractivity contribution < 1.29 is 9.53 Å². The smallest absolute Gasteiger partial charge is 0.266 e. The third kappa shape index (κ3) is 2.63. The van der Waals surface area contributed by atoms with Crippen molar-refractivity contribution in [3.05, 3.63) is 46.4 Å². The molecule has 1 atom stereocenters. The van der Waals surface area contributed by atoms with Gasteiger partial charge < -0.3 is 4.74 Å². The summed E-state index contributed by atoms with van der Waals surface area (Å²) >= 11 is 6.59. The first-order chi connectivity index (χ1) is 10.1. The molecule has 2 aliphatic rings. The normalized spacial score (nSPS) is 23.1. The lowest BCUT2D eigenvalue weighted by Gasteiger charge is -2.23. The summed E-state index contributed by atoms with van der Waals surface area (Å²) in [6.07, 6.45) is 3.89. The number of likely N-dealkylation sites (N-methyl/N-ethyl adjacent to an activating group) is 1. The van der Waals surface area contributed by atoms with E-state index in [4.69, 9.17) is 17.0 Å². The number of amides is 1. The first kappa shape index (κ1) is 14.4. The second-order valence-corrected chi connectivity index (χ2v) is 6.54. The molecule has 0 bridgehead atoms. The molecule has 0 radical (unpaired) electrons. The summed E-state index contributed by atoms with van der Waals surface area (Å²) in [6.45, 7) is 4.52. The van der Waals surface area contributed by atoms with Crippen molar-refractivity contribution in [1.82, 2.24) is 4.90 Å². The quantitative estimate of drug-likeness (QED) is 0.615. The molecule has 1 aromatic rings. The molecule has 3 nitrogen and oxygen atoms in total. The molecule has 0 aliphatic carbocycles. The second kappa shape index (κ2) is 5.66. The molecule has 0 N–H and O–H groups in total. The molecule has 108 valence electrons. The first-order valence-electron chi connectivity index (χ1n) is 6.82. The molecule has 3 rings (SSSR count). The third-order valence-electron chi connectivity index (χ3n) is 3.50. The number of fused-ring (bicyclic) bond motifs is 1. The van der Waals surface area contributed by atoms with Crippen molar-refractivity contribution in [3.63, 3.8) is 0 Å². The average Bonchev–Trinajstić information content (AvgIpc) is 2.73. The largest absolute Gasteiger partial charge is 0.485 e. The zero-order chi connectivity index (χ0) is 15.0. The maximum absolute atomic E-state index is 12.3. The molecule has 1 fully saturated rings. The Bertz CT molecular complexity index is 679. The van der Waals surface area contributed by atoms with Crippen LogP contribution in [0.25, 0.3) is 6.08 Å². The molecular formula is C16H15NO2S2. The number of hydrogen-bond donors (Lipinski definition) is 0. The number of thiocarbonyl (C=S) groups is 1. The van der Waals surface area contributed by atoms with Crippen LogP contribution in [0.3, 0.4) is 0 Å². The van der Waals surface area contributed by atoms with Crippen molar-refractivity contribution in [2.24, 2.45) is 0 Å². The Kier molecular flexibility index (Phi) is 3.87. The summed E-state index contributed by atoms with van der Waals surface area (Å²) in [4.78, 5) is 14.5. The van der Waals surface area contributed by atoms with Gasteiger partial charge in [-0.05, 0) is 37.6 Å². The number of thioether (sulfide) groups is 1. The van der Waals surface area contributed by atoms with Gasteiger partial charge in [0.15, 0.2) is 0 Å². The van der Waals surface area contributed by atoms with Crippen LogP contribution in [0.2, 0.25) is 0 Å². The highest BCUT2D eigenvalue weighted by Gasteiger charge is 2.31. The van der Waals surface area contributed by atoms with Gasteiger partial charge in [-0.15, -0.1) is 0 Å². The van der Waals surface area contributed by atoms with E-state index in [1.807, 2.05) is 44.2 Å². The van der Waals surface area contributed by atoms with E-state index in [0.717, 1.165) is 16.9 Å². The van der Waals surface area contributed by atoms with E-state index in [-0.39, 0.29) is 12.0 Å². The molecule has 2 aliphatic heterocycles. The predicted molar refractivity (Wildman–Crippen MR) is 90.2 cm³/mol. The van der Waals surface area contributed by atoms with Crippen LogP contribution in [0.15, 0.2) is 40.8 Å². The molecule has 1 amide bonds. The Morgan fingerprint density at radius 2 is 2.19 bits per heavy atom. The number of carbonyl (C=O) groups is 1. The summed E-state index contributed by atoms with van der Waals surface area (Å²) in [5.41, 5.74) is 2.03. The van der Waals surface area contributed by atoms with Gasteiger partial charge in [0, 0.05) is 12.1 Å². The van der Waals surface area contributed by atoms with Crippen LogP contribution in [0.4, 0.5) is 0 Å². The molecule has 1 saturated heterocycles. The lowest BCUT2D eigenvalue weighted by atomic mass is 10.0. The second-order valence-electron chi connectivity index (χ2n) is 4.87. The monoisotopic (exact) mass is 317 g/mol. The molecule has 0 spiro atoms. The minimum atomic E-state index is -0.0787. The molecule has 0 aromatic heterocycles. The van der Waals surface area contributed by atoms with Crippen LogP contribution in [0.5, 0.6) is 5.75 Å². The third-order valence-corrected chi connectivity index (χ3v) is 4.88. The molecular weight excluding hydrogens is 302 g/mol. The van der Waals surface area contributed by atoms with E-state index in [9.17, 15) is 4.79 Å². The highest BCUT2D eigenvalue weighted by molar-refractivity contribution is 8.26. The standard InChI is InChI=1S/C16H15NO2S2/c1-3-17-15(18)14(21-16(17)20)9-12-8-11-6-4-5-7-13(11)19-10(12)2/h4-10H,3H2,1-2H3/b14-9-/t10-/m0/s1. The van der Waals surface area contributed by atoms with Gasteiger partial charge in [0.05, 0.1) is 4.91 Å². The maximum Gasteiger partial charge on any atom is 0.266 e. The van der Waals surface area contributed by atoms with Crippen LogP contribution in [0, 0.1) is 0 Å². The van der Waals surface area contributed by atoms with E-state index < -0.39 is 0 Å². The highest BCUT2D eigenvalue weighted by atomic mass is 32.2. The van der Waals surface area contributed by atoms with Gasteiger partial charge in [-0.1, -0.05) is 42.2 Å². The van der Waals surface area contributed by atoms with Gasteiger partial charge in [0.1, 0.15) is 16.2 Å². The van der Waals surface area contributed by atoms with Crippen molar-refractivity contribution in [2.75, 3.05) is 6.54 Å². The summed E-state index contributed by atoms with van der Waals surface area (Å²) in [5, 5.41) is 0. The van der Waals surface area contributed by atoms with Crippen molar-refractivity contribution in [1.29, 1.82) is 0 Å². The average molecular weight is 317 g/mol. The molecule has 21 heavy (non-hydrogen) atoms. The van der Waals surface area contributed by atoms with E-state index in [0.29, 0.717) is 15.8 Å². The lowest BCUT2D eigenvalue weighted by Crippen LogP contribution is -2.27. The van der Waals surface area contributed by atoms with Gasteiger partial charge in [-0.2, -0.15) is 0 Å². The summed E-state index contributed by atoms with van der Waals surface area (Å²) in [5.74, 6) is 0.864. The van der Waals surface area contributed by atoms with Gasteiger partial charge in [-0.3, -0.25) is 9.69 Å². The Morgan fingerprint density at radius 3 is 2.90 bits per heavy atom. The molecule has 1 aromatic carbocycles. The van der Waals surface area contributed by atoms with E-state index in [1.165, 1.54) is 11.8 Å². The van der Waals surface area contributed by atoms with Crippen LogP contribution in [-0.2, 0) is 4.79 Å². The van der Waals surface area contributed by atoms with Gasteiger partial charge in [0.2, 0.25) is 0 Å². The Morgan fingerprint density at radius 1 is 1.43 bits per heavy atom. The number of nitrogens with zero attached hydrogens (tertiary/aromatic N) is 1. The lowest BCUT2D eigenvalue weighted by molar-refractivity contribution is -0.122. The fourth-order valence-electron chi connectivity index (χ4n) is 2.35.